The molecular weight excluding hydrogens is 685 g/mol. The molecule has 0 spiro atoms. The average molecular weight is 714 g/mol. The topological polar surface area (TPSA) is 49.2 Å². The molecule has 4 aromatic carbocycles. The number of rotatable bonds is 7. The van der Waals surface area contributed by atoms with Gasteiger partial charge in [0, 0.05) is 44.4 Å². The first-order valence-corrected chi connectivity index (χ1v) is 13.3. The van der Waals surface area contributed by atoms with Crippen molar-refractivity contribution in [2.45, 2.75) is 12.8 Å². The summed E-state index contributed by atoms with van der Waals surface area (Å²) in [6, 6.07) is 47.7. The second-order valence-electron chi connectivity index (χ2n) is 9.63. The van der Waals surface area contributed by atoms with Crippen LogP contribution in [0.2, 0.25) is 0 Å². The Bertz CT molecular complexity index is 1690. The second kappa shape index (κ2) is 12.8. The number of anilines is 3. The van der Waals surface area contributed by atoms with Crippen LogP contribution in [0.4, 0.5) is 17.2 Å². The molecule has 41 heavy (non-hydrogen) atoms. The number of benzene rings is 4. The van der Waals surface area contributed by atoms with Crippen LogP contribution in [0, 0.1) is 6.07 Å². The van der Waals surface area contributed by atoms with Crippen LogP contribution in [0.1, 0.15) is 24.0 Å². The Kier molecular flexibility index (Phi) is 8.72. The molecule has 1 atom stereocenters. The van der Waals surface area contributed by atoms with Gasteiger partial charge in [-0.15, -0.1) is 29.8 Å². The molecular formula is C36H28N3OPt-. The van der Waals surface area contributed by atoms with Crippen LogP contribution in [-0.2, 0) is 21.1 Å². The van der Waals surface area contributed by atoms with Crippen LogP contribution in [0.15, 0.2) is 140 Å². The molecule has 6 aromatic rings. The normalized spacial score (nSPS) is 11.3. The Morgan fingerprint density at radius 2 is 1.37 bits per heavy atom. The minimum absolute atomic E-state index is 0. The minimum atomic E-state index is 0. The van der Waals surface area contributed by atoms with Crippen molar-refractivity contribution < 1.29 is 26.2 Å². The summed E-state index contributed by atoms with van der Waals surface area (Å²) in [6.07, 6.45) is 1.80. The summed E-state index contributed by atoms with van der Waals surface area (Å²) in [5.74, 6) is 1.13. The summed E-state index contributed by atoms with van der Waals surface area (Å²) in [5, 5.41) is 10.7. The maximum atomic E-state index is 10.7. The van der Waals surface area contributed by atoms with Crippen molar-refractivity contribution in [3.05, 3.63) is 157 Å². The molecule has 0 aliphatic carbocycles. The van der Waals surface area contributed by atoms with E-state index in [9.17, 15) is 5.11 Å². The monoisotopic (exact) mass is 713 g/mol. The average Bonchev–Trinajstić information content (AvgIpc) is 3.02. The van der Waals surface area contributed by atoms with Crippen molar-refractivity contribution in [3.63, 3.8) is 0 Å². The van der Waals surface area contributed by atoms with Gasteiger partial charge >= 0.3 is 0 Å². The van der Waals surface area contributed by atoms with E-state index in [1.54, 1.807) is 12.3 Å². The molecule has 0 amide bonds. The molecule has 0 radical (unpaired) electrons. The molecule has 0 aliphatic rings. The predicted molar refractivity (Wildman–Crippen MR) is 162 cm³/mol. The van der Waals surface area contributed by atoms with Crippen molar-refractivity contribution in [1.29, 1.82) is 0 Å². The molecule has 0 fully saturated rings. The molecule has 0 aliphatic heterocycles. The number of hydrogen-bond donors (Lipinski definition) is 1. The van der Waals surface area contributed by atoms with Gasteiger partial charge in [-0.05, 0) is 65.0 Å². The molecule has 4 nitrogen and oxygen atoms in total. The van der Waals surface area contributed by atoms with Crippen molar-refractivity contribution in [3.8, 4) is 28.3 Å². The molecule has 0 saturated heterocycles. The van der Waals surface area contributed by atoms with Gasteiger partial charge in [-0.25, -0.2) is 4.98 Å². The van der Waals surface area contributed by atoms with Crippen LogP contribution in [-0.4, -0.2) is 15.1 Å². The van der Waals surface area contributed by atoms with Crippen LogP contribution >= 0.6 is 0 Å². The molecule has 2 aromatic heterocycles. The Labute approximate surface area is 255 Å². The van der Waals surface area contributed by atoms with E-state index in [2.05, 4.69) is 71.4 Å². The van der Waals surface area contributed by atoms with Crippen molar-refractivity contribution in [1.82, 2.24) is 9.97 Å². The molecule has 204 valence electrons. The van der Waals surface area contributed by atoms with E-state index in [0.717, 1.165) is 39.7 Å². The van der Waals surface area contributed by atoms with Crippen molar-refractivity contribution >= 4 is 17.2 Å². The largest absolute Gasteiger partial charge is 0.507 e. The first kappa shape index (κ1) is 28.0. The van der Waals surface area contributed by atoms with E-state index >= 15 is 0 Å². The Balaban J connectivity index is 0.00000337. The van der Waals surface area contributed by atoms with E-state index in [1.807, 2.05) is 78.9 Å². The molecule has 1 N–H and O–H groups in total. The maximum absolute atomic E-state index is 10.7. The predicted octanol–water partition coefficient (Wildman–Crippen LogP) is 8.94. The van der Waals surface area contributed by atoms with Crippen molar-refractivity contribution in [2.75, 3.05) is 4.90 Å². The van der Waals surface area contributed by atoms with Crippen LogP contribution < -0.4 is 4.90 Å². The SMILES string of the molecule is CC(c1ccccc1)c1cc(-c2[c-]c(N(c3ccccc3)c3ccccn3)ccc2)nc(-c2ccccc2O)c1.[Pt]. The third-order valence-corrected chi connectivity index (χ3v) is 7.02. The molecule has 2 heterocycles. The standard InChI is InChI=1S/C36H28N3O.Pt/c1-26(27-13-4-2-5-14-27)29-24-33(38-34(25-29)32-19-8-9-20-35(32)40)28-15-12-18-31(23-28)39(30-16-6-3-7-17-30)36-21-10-11-22-37-36;/h2-22,24-26,40H,1H3;/q-1;. The third kappa shape index (κ3) is 6.14. The summed E-state index contributed by atoms with van der Waals surface area (Å²) >= 11 is 0. The second-order valence-corrected chi connectivity index (χ2v) is 9.63. The van der Waals surface area contributed by atoms with E-state index < -0.39 is 0 Å². The van der Waals surface area contributed by atoms with Crippen LogP contribution in [0.25, 0.3) is 22.5 Å². The zero-order chi connectivity index (χ0) is 27.3. The van der Waals surface area contributed by atoms with Gasteiger partial charge in [-0.3, -0.25) is 4.98 Å². The maximum Gasteiger partial charge on any atom is 0.136 e. The molecule has 6 rings (SSSR count). The zero-order valence-corrected chi connectivity index (χ0v) is 24.7. The quantitative estimate of drug-likeness (QED) is 0.168. The number of pyridine rings is 2. The fraction of sp³-hybridized carbons (Fsp3) is 0.0556. The number of aromatic nitrogens is 2. The Morgan fingerprint density at radius 3 is 2.10 bits per heavy atom. The van der Waals surface area contributed by atoms with Gasteiger partial charge in [0.05, 0.1) is 5.69 Å². The number of nitrogens with zero attached hydrogens (tertiary/aromatic N) is 3. The van der Waals surface area contributed by atoms with E-state index in [0.29, 0.717) is 5.56 Å². The van der Waals surface area contributed by atoms with Gasteiger partial charge in [0.2, 0.25) is 0 Å². The number of aromatic hydroxyl groups is 1. The summed E-state index contributed by atoms with van der Waals surface area (Å²) in [5.41, 5.74) is 7.23. The van der Waals surface area contributed by atoms with Gasteiger partial charge in [0.25, 0.3) is 0 Å². The smallest absolute Gasteiger partial charge is 0.136 e. The summed E-state index contributed by atoms with van der Waals surface area (Å²) in [7, 11) is 0. The third-order valence-electron chi connectivity index (χ3n) is 7.02. The Morgan fingerprint density at radius 1 is 0.683 bits per heavy atom. The first-order valence-electron chi connectivity index (χ1n) is 13.3. The van der Waals surface area contributed by atoms with Crippen LogP contribution in [0.3, 0.4) is 0 Å². The molecule has 0 saturated carbocycles. The fourth-order valence-corrected chi connectivity index (χ4v) is 4.90. The van der Waals surface area contributed by atoms with Gasteiger partial charge in [0.1, 0.15) is 11.6 Å². The number of para-hydroxylation sites is 2. The van der Waals surface area contributed by atoms with Crippen molar-refractivity contribution in [2.24, 2.45) is 0 Å². The summed E-state index contributed by atoms with van der Waals surface area (Å²) < 4.78 is 0. The van der Waals surface area contributed by atoms with E-state index in [-0.39, 0.29) is 32.7 Å². The number of phenols is 1. The van der Waals surface area contributed by atoms with Gasteiger partial charge < -0.3 is 10.0 Å². The summed E-state index contributed by atoms with van der Waals surface area (Å²) in [4.78, 5) is 11.7. The number of hydrogen-bond acceptors (Lipinski definition) is 4. The van der Waals surface area contributed by atoms with Gasteiger partial charge in [-0.1, -0.05) is 79.7 Å². The zero-order valence-electron chi connectivity index (χ0n) is 22.5. The number of phenolic OH excluding ortho intramolecular Hbond substituents is 1. The molecule has 0 bridgehead atoms. The summed E-state index contributed by atoms with van der Waals surface area (Å²) in [6.45, 7) is 2.20. The van der Waals surface area contributed by atoms with E-state index in [4.69, 9.17) is 4.98 Å². The van der Waals surface area contributed by atoms with Gasteiger partial charge in [-0.2, -0.15) is 0 Å². The van der Waals surface area contributed by atoms with Gasteiger partial charge in [0.15, 0.2) is 0 Å². The minimum Gasteiger partial charge on any atom is -0.507 e. The fourth-order valence-electron chi connectivity index (χ4n) is 4.90. The molecule has 1 unspecified atom stereocenters. The van der Waals surface area contributed by atoms with Crippen LogP contribution in [0.5, 0.6) is 5.75 Å². The first-order chi connectivity index (χ1) is 19.7. The Hall–Kier alpha value is -4.53. The van der Waals surface area contributed by atoms with E-state index in [1.165, 1.54) is 5.56 Å². The molecule has 5 heteroatoms.